The monoisotopic (exact) mass is 538 g/mol. The van der Waals surface area contributed by atoms with E-state index in [-0.39, 0.29) is 25.3 Å². The number of likely N-dealkylation sites (tertiary alicyclic amines) is 1. The van der Waals surface area contributed by atoms with Crippen LogP contribution in [0.1, 0.15) is 19.4 Å². The van der Waals surface area contributed by atoms with Gasteiger partial charge in [-0.2, -0.15) is 19.8 Å². The molecule has 6 heterocycles. The van der Waals surface area contributed by atoms with Crippen molar-refractivity contribution in [1.82, 2.24) is 38.7 Å². The van der Waals surface area contributed by atoms with Gasteiger partial charge in [-0.1, -0.05) is 0 Å². The topological polar surface area (TPSA) is 138 Å². The zero-order chi connectivity index (χ0) is 25.8. The molecular formula is C23H26N10O2S2. The second-order valence-corrected chi connectivity index (χ2v) is 12.8. The molecule has 37 heavy (non-hydrogen) atoms. The molecule has 6 rings (SSSR count). The van der Waals surface area contributed by atoms with E-state index in [1.807, 2.05) is 28.5 Å². The molecule has 2 aliphatic heterocycles. The Morgan fingerprint density at radius 3 is 2.76 bits per heavy atom. The Labute approximate surface area is 218 Å². The summed E-state index contributed by atoms with van der Waals surface area (Å²) >= 11 is 1.55. The minimum atomic E-state index is -3.32. The largest absolute Gasteiger partial charge is 0.321 e. The Morgan fingerprint density at radius 2 is 2.03 bits per heavy atom. The van der Waals surface area contributed by atoms with Crippen LogP contribution >= 0.6 is 11.3 Å². The molecule has 4 aromatic heterocycles. The number of hydrogen-bond donors (Lipinski definition) is 1. The van der Waals surface area contributed by atoms with Crippen LogP contribution in [0.25, 0.3) is 21.5 Å². The highest BCUT2D eigenvalue weighted by Gasteiger charge is 2.49. The Kier molecular flexibility index (Phi) is 5.75. The maximum atomic E-state index is 12.3. The van der Waals surface area contributed by atoms with Crippen molar-refractivity contribution in [3.05, 3.63) is 36.2 Å². The van der Waals surface area contributed by atoms with E-state index >= 15 is 0 Å². The number of likely N-dealkylation sites (N-methyl/N-ethyl adjacent to an activating group) is 1. The number of thiophene rings is 1. The molecule has 2 saturated heterocycles. The zero-order valence-electron chi connectivity index (χ0n) is 20.4. The first-order chi connectivity index (χ1) is 17.8. The van der Waals surface area contributed by atoms with Gasteiger partial charge >= 0.3 is 0 Å². The molecule has 192 valence electrons. The highest BCUT2D eigenvalue weighted by molar-refractivity contribution is 7.89. The van der Waals surface area contributed by atoms with E-state index in [2.05, 4.69) is 38.5 Å². The molecule has 0 radical (unpaired) electrons. The SMILES string of the molecule is CCS(=O)(=O)N1CC(CC#N)(n2cc(-c3nc(Nc4cnn(C5CN(C)C5)c4)nc4ccsc34)cn2)C1. The van der Waals surface area contributed by atoms with Gasteiger partial charge in [0.25, 0.3) is 0 Å². The summed E-state index contributed by atoms with van der Waals surface area (Å²) in [5, 5.41) is 23.7. The molecule has 0 saturated carbocycles. The first-order valence-corrected chi connectivity index (χ1v) is 14.4. The fraction of sp³-hybridized carbons (Fsp3) is 0.435. The number of anilines is 2. The fourth-order valence-electron chi connectivity index (χ4n) is 4.86. The van der Waals surface area contributed by atoms with Crippen molar-refractivity contribution in [2.75, 3.05) is 44.3 Å². The van der Waals surface area contributed by atoms with Crippen molar-refractivity contribution in [3.8, 4) is 17.3 Å². The Hall–Kier alpha value is -3.38. The van der Waals surface area contributed by atoms with E-state index in [4.69, 9.17) is 4.98 Å². The summed E-state index contributed by atoms with van der Waals surface area (Å²) < 4.78 is 30.6. The lowest BCUT2D eigenvalue weighted by molar-refractivity contribution is 0.0719. The molecule has 14 heteroatoms. The smallest absolute Gasteiger partial charge is 0.228 e. The molecule has 0 atom stereocenters. The number of fused-ring (bicyclic) bond motifs is 1. The van der Waals surface area contributed by atoms with Gasteiger partial charge < -0.3 is 10.2 Å². The third-order valence-corrected chi connectivity index (χ3v) is 9.71. The second kappa shape index (κ2) is 8.88. The van der Waals surface area contributed by atoms with Gasteiger partial charge in [-0.3, -0.25) is 9.36 Å². The van der Waals surface area contributed by atoms with Gasteiger partial charge in [0.15, 0.2) is 0 Å². The molecule has 4 aromatic rings. The van der Waals surface area contributed by atoms with Crippen LogP contribution in [0.15, 0.2) is 36.2 Å². The minimum absolute atomic E-state index is 0.0314. The van der Waals surface area contributed by atoms with Crippen LogP contribution in [0, 0.1) is 11.3 Å². The van der Waals surface area contributed by atoms with Crippen molar-refractivity contribution in [2.45, 2.75) is 24.9 Å². The lowest BCUT2D eigenvalue weighted by atomic mass is 9.89. The molecule has 0 bridgehead atoms. The van der Waals surface area contributed by atoms with Crippen LogP contribution in [0.4, 0.5) is 11.6 Å². The predicted octanol–water partition coefficient (Wildman–Crippen LogP) is 2.26. The molecule has 12 nitrogen and oxygen atoms in total. The van der Waals surface area contributed by atoms with E-state index in [1.54, 1.807) is 35.3 Å². The van der Waals surface area contributed by atoms with Gasteiger partial charge in [0.2, 0.25) is 16.0 Å². The van der Waals surface area contributed by atoms with Gasteiger partial charge in [0.1, 0.15) is 5.54 Å². The number of rotatable bonds is 8. The molecule has 0 aliphatic carbocycles. The van der Waals surface area contributed by atoms with Crippen molar-refractivity contribution >= 4 is 43.2 Å². The van der Waals surface area contributed by atoms with Crippen LogP contribution < -0.4 is 5.32 Å². The summed E-state index contributed by atoms with van der Waals surface area (Å²) in [5.74, 6) is 0.485. The number of nitrogens with zero attached hydrogens (tertiary/aromatic N) is 9. The van der Waals surface area contributed by atoms with Crippen molar-refractivity contribution in [2.24, 2.45) is 0 Å². The van der Waals surface area contributed by atoms with Gasteiger partial charge in [-0.25, -0.2) is 18.4 Å². The lowest BCUT2D eigenvalue weighted by Gasteiger charge is -2.47. The van der Waals surface area contributed by atoms with Crippen LogP contribution in [-0.2, 0) is 15.6 Å². The molecule has 2 aliphatic rings. The number of aromatic nitrogens is 6. The summed E-state index contributed by atoms with van der Waals surface area (Å²) in [7, 11) is -1.23. The maximum absolute atomic E-state index is 12.3. The maximum Gasteiger partial charge on any atom is 0.228 e. The third kappa shape index (κ3) is 4.17. The highest BCUT2D eigenvalue weighted by Crippen LogP contribution is 2.37. The molecule has 0 spiro atoms. The standard InChI is InChI=1S/C23H26N10O2S2/c1-3-37(34,35)31-14-23(15-31,5-6-24)33-10-16(8-26-33)20-21-19(4-7-36-21)28-22(29-20)27-17-9-25-32(11-17)18-12-30(2)13-18/h4,7-11,18H,3,5,12-15H2,1-2H3,(H,27,28,29). The molecule has 0 aromatic carbocycles. The number of sulfonamides is 1. The first-order valence-electron chi connectivity index (χ1n) is 12.0. The number of nitriles is 1. The average Bonchev–Trinajstić information content (AvgIpc) is 3.59. The summed E-state index contributed by atoms with van der Waals surface area (Å²) in [5.41, 5.74) is 2.44. The first kappa shape index (κ1) is 24.0. The molecule has 2 fully saturated rings. The van der Waals surface area contributed by atoms with Crippen molar-refractivity contribution < 1.29 is 8.42 Å². The Balaban J connectivity index is 1.29. The zero-order valence-corrected chi connectivity index (χ0v) is 22.1. The molecular weight excluding hydrogens is 512 g/mol. The third-order valence-electron chi connectivity index (χ3n) is 7.03. The van der Waals surface area contributed by atoms with Crippen LogP contribution in [0.5, 0.6) is 0 Å². The Bertz CT molecular complexity index is 1600. The molecule has 1 N–H and O–H groups in total. The van der Waals surface area contributed by atoms with Crippen molar-refractivity contribution in [1.29, 1.82) is 5.26 Å². The quantitative estimate of drug-likeness (QED) is 0.358. The fourth-order valence-corrected chi connectivity index (χ4v) is 6.94. The van der Waals surface area contributed by atoms with E-state index in [0.29, 0.717) is 12.0 Å². The summed E-state index contributed by atoms with van der Waals surface area (Å²) in [4.78, 5) is 11.7. The summed E-state index contributed by atoms with van der Waals surface area (Å²) in [6.07, 6.45) is 7.47. The van der Waals surface area contributed by atoms with E-state index in [0.717, 1.165) is 40.3 Å². The van der Waals surface area contributed by atoms with Gasteiger partial charge in [0, 0.05) is 44.1 Å². The second-order valence-electron chi connectivity index (χ2n) is 9.64. The Morgan fingerprint density at radius 1 is 1.22 bits per heavy atom. The van der Waals surface area contributed by atoms with Gasteiger partial charge in [-0.05, 0) is 25.4 Å². The number of nitrogens with one attached hydrogen (secondary N) is 1. The molecule has 0 unspecified atom stereocenters. The lowest BCUT2D eigenvalue weighted by Crippen LogP contribution is -2.64. The van der Waals surface area contributed by atoms with Crippen LogP contribution in [-0.4, -0.2) is 86.1 Å². The van der Waals surface area contributed by atoms with Crippen LogP contribution in [0.3, 0.4) is 0 Å². The summed E-state index contributed by atoms with van der Waals surface area (Å²) in [6.45, 7) is 4.02. The van der Waals surface area contributed by atoms with E-state index in [9.17, 15) is 13.7 Å². The van der Waals surface area contributed by atoms with Crippen LogP contribution in [0.2, 0.25) is 0 Å². The highest BCUT2D eigenvalue weighted by atomic mass is 32.2. The van der Waals surface area contributed by atoms with Gasteiger partial charge in [-0.15, -0.1) is 11.3 Å². The van der Waals surface area contributed by atoms with Gasteiger partial charge in [0.05, 0.1) is 58.3 Å². The minimum Gasteiger partial charge on any atom is -0.321 e. The summed E-state index contributed by atoms with van der Waals surface area (Å²) in [6, 6.07) is 4.53. The van der Waals surface area contributed by atoms with E-state index < -0.39 is 15.6 Å². The normalized spacial score (nSPS) is 18.4. The van der Waals surface area contributed by atoms with E-state index in [1.165, 1.54) is 4.31 Å². The predicted molar refractivity (Wildman–Crippen MR) is 140 cm³/mol. The average molecular weight is 539 g/mol. The number of hydrogen-bond acceptors (Lipinski definition) is 10. The molecule has 0 amide bonds. The van der Waals surface area contributed by atoms with Crippen molar-refractivity contribution in [3.63, 3.8) is 0 Å².